The van der Waals surface area contributed by atoms with E-state index in [1.807, 2.05) is 20.8 Å². The average Bonchev–Trinajstić information content (AvgIpc) is 2.12. The molecule has 0 aromatic rings. The van der Waals surface area contributed by atoms with Crippen molar-refractivity contribution in [2.24, 2.45) is 0 Å². The Morgan fingerprint density at radius 1 is 1.57 bits per heavy atom. The number of carbonyl (C=O) groups excluding carboxylic acids is 1. The highest BCUT2D eigenvalue weighted by molar-refractivity contribution is 5.73. The maximum atomic E-state index is 10.7. The van der Waals surface area contributed by atoms with E-state index in [1.54, 1.807) is 0 Å². The summed E-state index contributed by atoms with van der Waals surface area (Å²) >= 11 is 0. The smallest absolute Gasteiger partial charge is 0.217 e. The Bertz CT molecular complexity index is 180. The van der Waals surface area contributed by atoms with E-state index >= 15 is 0 Å². The number of aliphatic hydroxyl groups excluding tert-OH is 1. The maximum absolute atomic E-state index is 10.7. The third kappa shape index (κ3) is 5.94. The van der Waals surface area contributed by atoms with Crippen LogP contribution in [0.2, 0.25) is 0 Å². The number of carbonyl (C=O) groups is 1. The normalized spacial score (nSPS) is 13.8. The molecule has 84 valence electrons. The Balaban J connectivity index is 3.89. The molecule has 1 unspecified atom stereocenters. The van der Waals surface area contributed by atoms with E-state index in [0.29, 0.717) is 6.61 Å². The molecule has 0 fully saturated rings. The lowest BCUT2D eigenvalue weighted by Gasteiger charge is -2.26. The molecule has 14 heavy (non-hydrogen) atoms. The van der Waals surface area contributed by atoms with Crippen molar-refractivity contribution in [3.05, 3.63) is 0 Å². The Kier molecular flexibility index (Phi) is 5.72. The second kappa shape index (κ2) is 5.98. The lowest BCUT2D eigenvalue weighted by Crippen LogP contribution is -2.42. The van der Waals surface area contributed by atoms with Crippen LogP contribution in [0.4, 0.5) is 0 Å². The summed E-state index contributed by atoms with van der Waals surface area (Å²) in [6, 6.07) is -0.307. The Labute approximate surface area is 85.6 Å². The van der Waals surface area contributed by atoms with Gasteiger partial charge in [0, 0.05) is 6.92 Å². The standard InChI is InChI=1S/C10H21NO3/c1-5-10(3,4)14-7-9(6-12)11-8(2)13/h9,12H,5-7H2,1-4H3,(H,11,13). The molecule has 4 nitrogen and oxygen atoms in total. The highest BCUT2D eigenvalue weighted by Crippen LogP contribution is 2.13. The van der Waals surface area contributed by atoms with E-state index in [2.05, 4.69) is 5.32 Å². The number of amides is 1. The van der Waals surface area contributed by atoms with Crippen LogP contribution in [0.1, 0.15) is 34.1 Å². The Hall–Kier alpha value is -0.610. The maximum Gasteiger partial charge on any atom is 0.217 e. The molecule has 0 saturated carbocycles. The number of ether oxygens (including phenoxy) is 1. The van der Waals surface area contributed by atoms with Crippen LogP contribution in [0.5, 0.6) is 0 Å². The number of rotatable bonds is 6. The van der Waals surface area contributed by atoms with Gasteiger partial charge in [0.2, 0.25) is 5.91 Å². The van der Waals surface area contributed by atoms with Crippen LogP contribution in [0, 0.1) is 0 Å². The van der Waals surface area contributed by atoms with Crippen LogP contribution in [-0.4, -0.2) is 35.9 Å². The van der Waals surface area contributed by atoms with Gasteiger partial charge in [0.1, 0.15) is 0 Å². The minimum absolute atomic E-state index is 0.0978. The van der Waals surface area contributed by atoms with Gasteiger partial charge in [-0.1, -0.05) is 6.92 Å². The molecule has 0 bridgehead atoms. The minimum atomic E-state index is -0.307. The van der Waals surface area contributed by atoms with Gasteiger partial charge in [0.15, 0.2) is 0 Å². The van der Waals surface area contributed by atoms with E-state index in [-0.39, 0.29) is 24.2 Å². The van der Waals surface area contributed by atoms with Gasteiger partial charge >= 0.3 is 0 Å². The Morgan fingerprint density at radius 3 is 2.50 bits per heavy atom. The van der Waals surface area contributed by atoms with Crippen molar-refractivity contribution < 1.29 is 14.6 Å². The van der Waals surface area contributed by atoms with Gasteiger partial charge in [-0.25, -0.2) is 0 Å². The summed E-state index contributed by atoms with van der Waals surface area (Å²) < 4.78 is 5.56. The van der Waals surface area contributed by atoms with E-state index < -0.39 is 0 Å². The first-order chi connectivity index (χ1) is 6.41. The van der Waals surface area contributed by atoms with Gasteiger partial charge in [-0.3, -0.25) is 4.79 Å². The molecular formula is C10H21NO3. The first-order valence-corrected chi connectivity index (χ1v) is 4.93. The minimum Gasteiger partial charge on any atom is -0.394 e. The van der Waals surface area contributed by atoms with Crippen molar-refractivity contribution in [3.63, 3.8) is 0 Å². The van der Waals surface area contributed by atoms with E-state index in [4.69, 9.17) is 9.84 Å². The monoisotopic (exact) mass is 203 g/mol. The van der Waals surface area contributed by atoms with Crippen molar-refractivity contribution in [2.45, 2.75) is 45.8 Å². The molecule has 2 N–H and O–H groups in total. The predicted molar refractivity (Wildman–Crippen MR) is 55.0 cm³/mol. The molecule has 0 aliphatic rings. The summed E-state index contributed by atoms with van der Waals surface area (Å²) in [5, 5.41) is 11.6. The molecule has 0 rings (SSSR count). The largest absolute Gasteiger partial charge is 0.394 e. The quantitative estimate of drug-likeness (QED) is 0.667. The van der Waals surface area contributed by atoms with Gasteiger partial charge in [-0.05, 0) is 20.3 Å². The zero-order valence-corrected chi connectivity index (χ0v) is 9.46. The zero-order valence-electron chi connectivity index (χ0n) is 9.46. The van der Waals surface area contributed by atoms with E-state index in [1.165, 1.54) is 6.92 Å². The Morgan fingerprint density at radius 2 is 2.14 bits per heavy atom. The fourth-order valence-electron chi connectivity index (χ4n) is 0.856. The van der Waals surface area contributed by atoms with E-state index in [9.17, 15) is 4.79 Å². The van der Waals surface area contributed by atoms with Crippen LogP contribution in [0.15, 0.2) is 0 Å². The van der Waals surface area contributed by atoms with E-state index in [0.717, 1.165) is 6.42 Å². The van der Waals surface area contributed by atoms with Crippen molar-refractivity contribution in [2.75, 3.05) is 13.2 Å². The molecule has 0 radical (unpaired) electrons. The van der Waals surface area contributed by atoms with Crippen molar-refractivity contribution in [1.29, 1.82) is 0 Å². The molecule has 4 heteroatoms. The summed E-state index contributed by atoms with van der Waals surface area (Å²) in [5.41, 5.74) is -0.202. The third-order valence-electron chi connectivity index (χ3n) is 2.15. The zero-order chi connectivity index (χ0) is 11.2. The highest BCUT2D eigenvalue weighted by Gasteiger charge is 2.18. The summed E-state index contributed by atoms with van der Waals surface area (Å²) in [4.78, 5) is 10.7. The van der Waals surface area contributed by atoms with Gasteiger partial charge in [0.25, 0.3) is 0 Å². The molecule has 0 aromatic heterocycles. The van der Waals surface area contributed by atoms with Gasteiger partial charge in [-0.2, -0.15) is 0 Å². The topological polar surface area (TPSA) is 58.6 Å². The first kappa shape index (κ1) is 13.4. The second-order valence-electron chi connectivity index (χ2n) is 4.00. The lowest BCUT2D eigenvalue weighted by molar-refractivity contribution is -0.121. The third-order valence-corrected chi connectivity index (χ3v) is 2.15. The second-order valence-corrected chi connectivity index (χ2v) is 4.00. The SMILES string of the molecule is CCC(C)(C)OCC(CO)NC(C)=O. The predicted octanol–water partition coefficient (Wildman–Crippen LogP) is 0.689. The van der Waals surface area contributed by atoms with Crippen LogP contribution in [-0.2, 0) is 9.53 Å². The van der Waals surface area contributed by atoms with Crippen molar-refractivity contribution >= 4 is 5.91 Å². The molecule has 0 aliphatic carbocycles. The summed E-state index contributed by atoms with van der Waals surface area (Å²) in [5.74, 6) is -0.151. The molecule has 0 spiro atoms. The van der Waals surface area contributed by atoms with Gasteiger partial charge in [0.05, 0.1) is 24.9 Å². The molecule has 0 aliphatic heterocycles. The molecule has 1 amide bonds. The number of aliphatic hydroxyl groups is 1. The van der Waals surface area contributed by atoms with Gasteiger partial charge < -0.3 is 15.2 Å². The molecule has 0 saturated heterocycles. The lowest BCUT2D eigenvalue weighted by atomic mass is 10.1. The van der Waals surface area contributed by atoms with Crippen LogP contribution in [0.25, 0.3) is 0 Å². The van der Waals surface area contributed by atoms with Gasteiger partial charge in [-0.15, -0.1) is 0 Å². The summed E-state index contributed by atoms with van der Waals surface area (Å²) in [6.07, 6.45) is 0.894. The van der Waals surface area contributed by atoms with Crippen LogP contribution in [0.3, 0.4) is 0 Å². The highest BCUT2D eigenvalue weighted by atomic mass is 16.5. The number of nitrogens with one attached hydrogen (secondary N) is 1. The summed E-state index contributed by atoms with van der Waals surface area (Å²) in [6.45, 7) is 7.67. The molecule has 0 aromatic carbocycles. The summed E-state index contributed by atoms with van der Waals surface area (Å²) in [7, 11) is 0. The molecular weight excluding hydrogens is 182 g/mol. The number of hydrogen-bond donors (Lipinski definition) is 2. The van der Waals surface area contributed by atoms with Crippen molar-refractivity contribution in [1.82, 2.24) is 5.32 Å². The molecule has 0 heterocycles. The van der Waals surface area contributed by atoms with Crippen molar-refractivity contribution in [3.8, 4) is 0 Å². The first-order valence-electron chi connectivity index (χ1n) is 4.93. The van der Waals surface area contributed by atoms with Crippen LogP contribution >= 0.6 is 0 Å². The fraction of sp³-hybridized carbons (Fsp3) is 0.900. The molecule has 1 atom stereocenters. The number of hydrogen-bond acceptors (Lipinski definition) is 3. The average molecular weight is 203 g/mol. The van der Waals surface area contributed by atoms with Crippen LogP contribution < -0.4 is 5.32 Å². The fourth-order valence-corrected chi connectivity index (χ4v) is 0.856.